The van der Waals surface area contributed by atoms with E-state index in [4.69, 9.17) is 4.74 Å². The Morgan fingerprint density at radius 2 is 1.88 bits per heavy atom. The summed E-state index contributed by atoms with van der Waals surface area (Å²) in [7, 11) is 0. The number of carbonyl (C=O) groups excluding carboxylic acids is 1. The van der Waals surface area contributed by atoms with Crippen molar-refractivity contribution in [3.63, 3.8) is 0 Å². The average molecular weight is 390 g/mol. The summed E-state index contributed by atoms with van der Waals surface area (Å²) in [5, 5.41) is 10.6. The first-order valence-corrected chi connectivity index (χ1v) is 8.10. The Balaban J connectivity index is 2.09. The molecule has 24 heavy (non-hydrogen) atoms. The molecule has 0 spiro atoms. The van der Waals surface area contributed by atoms with Crippen LogP contribution in [0.4, 0.5) is 5.69 Å². The van der Waals surface area contributed by atoms with Crippen LogP contribution in [0.1, 0.15) is 30.9 Å². The average Bonchev–Trinajstić information content (AvgIpc) is 2.54. The van der Waals surface area contributed by atoms with Gasteiger partial charge in [0, 0.05) is 22.7 Å². The number of benzene rings is 2. The number of hydrogen-bond acceptors (Lipinski definition) is 4. The number of rotatable bonds is 5. The molecule has 0 atom stereocenters. The summed E-state index contributed by atoms with van der Waals surface area (Å²) in [6, 6.07) is 11.4. The van der Waals surface area contributed by atoms with Crippen LogP contribution < -0.4 is 4.74 Å². The van der Waals surface area contributed by atoms with Gasteiger partial charge in [-0.05, 0) is 53.5 Å². The molecule has 2 aromatic rings. The van der Waals surface area contributed by atoms with Crippen LogP contribution in [0.2, 0.25) is 0 Å². The molecule has 0 aliphatic rings. The van der Waals surface area contributed by atoms with Crippen LogP contribution in [-0.2, 0) is 4.79 Å². The molecule has 0 amide bonds. The Labute approximate surface area is 148 Å². The number of carbonyl (C=O) groups is 1. The molecule has 2 aromatic carbocycles. The molecule has 2 rings (SSSR count). The highest BCUT2D eigenvalue weighted by Gasteiger charge is 2.11. The fourth-order valence-electron chi connectivity index (χ4n) is 2.08. The smallest absolute Gasteiger partial charge is 0.336 e. The Kier molecular flexibility index (Phi) is 5.87. The van der Waals surface area contributed by atoms with Gasteiger partial charge in [0.1, 0.15) is 5.75 Å². The van der Waals surface area contributed by atoms with E-state index in [1.54, 1.807) is 24.3 Å². The second-order valence-corrected chi connectivity index (χ2v) is 6.36. The molecule has 0 radical (unpaired) electrons. The fraction of sp³-hybridized carbons (Fsp3) is 0.167. The number of ether oxygens (including phenoxy) is 1. The van der Waals surface area contributed by atoms with Crippen molar-refractivity contribution < 1.29 is 14.5 Å². The summed E-state index contributed by atoms with van der Waals surface area (Å²) in [6.45, 7) is 4.04. The lowest BCUT2D eigenvalue weighted by Gasteiger charge is -2.12. The second-order valence-electron chi connectivity index (χ2n) is 5.44. The van der Waals surface area contributed by atoms with Crippen molar-refractivity contribution in [1.29, 1.82) is 0 Å². The van der Waals surface area contributed by atoms with Gasteiger partial charge >= 0.3 is 5.97 Å². The van der Waals surface area contributed by atoms with Gasteiger partial charge in [0.25, 0.3) is 5.69 Å². The van der Waals surface area contributed by atoms with E-state index in [1.165, 1.54) is 18.2 Å². The first-order valence-electron chi connectivity index (χ1n) is 7.30. The molecule has 5 nitrogen and oxygen atoms in total. The fourth-order valence-corrected chi connectivity index (χ4v) is 2.46. The van der Waals surface area contributed by atoms with Gasteiger partial charge in [-0.25, -0.2) is 4.79 Å². The van der Waals surface area contributed by atoms with E-state index in [0.29, 0.717) is 11.3 Å². The first kappa shape index (κ1) is 17.9. The summed E-state index contributed by atoms with van der Waals surface area (Å²) < 4.78 is 6.31. The van der Waals surface area contributed by atoms with E-state index in [0.717, 1.165) is 10.0 Å². The second kappa shape index (κ2) is 7.88. The quantitative estimate of drug-likeness (QED) is 0.234. The van der Waals surface area contributed by atoms with Crippen molar-refractivity contribution >= 4 is 33.7 Å². The number of nitrogens with zero attached hydrogens (tertiary/aromatic N) is 1. The van der Waals surface area contributed by atoms with Gasteiger partial charge in [-0.2, -0.15) is 0 Å². The number of hydrogen-bond donors (Lipinski definition) is 0. The number of non-ortho nitro benzene ring substituents is 1. The van der Waals surface area contributed by atoms with Crippen molar-refractivity contribution in [2.24, 2.45) is 0 Å². The van der Waals surface area contributed by atoms with Crippen molar-refractivity contribution in [3.8, 4) is 5.75 Å². The topological polar surface area (TPSA) is 69.4 Å². The summed E-state index contributed by atoms with van der Waals surface area (Å²) in [5.41, 5.74) is 1.62. The van der Waals surface area contributed by atoms with Gasteiger partial charge in [0.15, 0.2) is 0 Å². The Bertz CT molecular complexity index is 782. The van der Waals surface area contributed by atoms with E-state index < -0.39 is 10.9 Å². The zero-order chi connectivity index (χ0) is 17.7. The number of esters is 1. The molecular formula is C18H16BrNO4. The number of nitro benzene ring substituents is 1. The zero-order valence-electron chi connectivity index (χ0n) is 13.2. The molecule has 0 bridgehead atoms. The van der Waals surface area contributed by atoms with E-state index in [-0.39, 0.29) is 11.6 Å². The molecule has 0 N–H and O–H groups in total. The van der Waals surface area contributed by atoms with Gasteiger partial charge in [0.2, 0.25) is 0 Å². The van der Waals surface area contributed by atoms with Gasteiger partial charge in [-0.3, -0.25) is 10.1 Å². The van der Waals surface area contributed by atoms with Crippen LogP contribution in [0.25, 0.3) is 6.08 Å². The van der Waals surface area contributed by atoms with Gasteiger partial charge in [-0.15, -0.1) is 0 Å². The zero-order valence-corrected chi connectivity index (χ0v) is 14.8. The van der Waals surface area contributed by atoms with Crippen LogP contribution in [-0.4, -0.2) is 10.9 Å². The SMILES string of the molecule is CC(C)c1cc(Br)ccc1OC(=O)/C=C/c1ccc([N+](=O)[O-])cc1. The van der Waals surface area contributed by atoms with E-state index in [9.17, 15) is 14.9 Å². The molecule has 6 heteroatoms. The summed E-state index contributed by atoms with van der Waals surface area (Å²) in [4.78, 5) is 22.1. The maximum atomic E-state index is 12.0. The summed E-state index contributed by atoms with van der Waals surface area (Å²) >= 11 is 3.41. The maximum absolute atomic E-state index is 12.0. The molecule has 0 saturated heterocycles. The number of halogens is 1. The van der Waals surface area contributed by atoms with Crippen molar-refractivity contribution in [2.45, 2.75) is 19.8 Å². The summed E-state index contributed by atoms with van der Waals surface area (Å²) in [5.74, 6) is 0.230. The standard InChI is InChI=1S/C18H16BrNO4/c1-12(2)16-11-14(19)6-9-17(16)24-18(21)10-5-13-3-7-15(8-4-13)20(22)23/h3-12H,1-2H3/b10-5+. The lowest BCUT2D eigenvalue weighted by atomic mass is 10.0. The predicted molar refractivity (Wildman–Crippen MR) is 96.0 cm³/mol. The van der Waals surface area contributed by atoms with Crippen LogP contribution >= 0.6 is 15.9 Å². The Morgan fingerprint density at radius 3 is 2.46 bits per heavy atom. The van der Waals surface area contributed by atoms with Crippen molar-refractivity contribution in [1.82, 2.24) is 0 Å². The van der Waals surface area contributed by atoms with Gasteiger partial charge in [-0.1, -0.05) is 29.8 Å². The van der Waals surface area contributed by atoms with Crippen molar-refractivity contribution in [2.75, 3.05) is 0 Å². The lowest BCUT2D eigenvalue weighted by molar-refractivity contribution is -0.384. The highest BCUT2D eigenvalue weighted by Crippen LogP contribution is 2.29. The molecule has 0 aromatic heterocycles. The minimum atomic E-state index is -0.502. The molecule has 0 aliphatic carbocycles. The molecule has 0 saturated carbocycles. The lowest BCUT2D eigenvalue weighted by Crippen LogP contribution is -2.06. The highest BCUT2D eigenvalue weighted by molar-refractivity contribution is 9.10. The van der Waals surface area contributed by atoms with Gasteiger partial charge in [0.05, 0.1) is 4.92 Å². The number of nitro groups is 1. The normalized spacial score (nSPS) is 11.0. The van der Waals surface area contributed by atoms with Crippen molar-refractivity contribution in [3.05, 3.63) is 74.3 Å². The van der Waals surface area contributed by atoms with E-state index in [2.05, 4.69) is 15.9 Å². The van der Waals surface area contributed by atoms with Crippen LogP contribution in [0.5, 0.6) is 5.75 Å². The van der Waals surface area contributed by atoms with E-state index in [1.807, 2.05) is 26.0 Å². The van der Waals surface area contributed by atoms with Crippen LogP contribution in [0.3, 0.4) is 0 Å². The third-order valence-electron chi connectivity index (χ3n) is 3.32. The summed E-state index contributed by atoms with van der Waals surface area (Å²) in [6.07, 6.45) is 2.85. The van der Waals surface area contributed by atoms with Gasteiger partial charge < -0.3 is 4.74 Å². The monoisotopic (exact) mass is 389 g/mol. The molecule has 0 unspecified atom stereocenters. The molecule has 0 fully saturated rings. The van der Waals surface area contributed by atoms with E-state index >= 15 is 0 Å². The molecule has 0 aliphatic heterocycles. The Hall–Kier alpha value is -2.47. The van der Waals surface area contributed by atoms with Crippen LogP contribution in [0.15, 0.2) is 53.0 Å². The third kappa shape index (κ3) is 4.76. The van der Waals surface area contributed by atoms with Crippen LogP contribution in [0, 0.1) is 10.1 Å². The Morgan fingerprint density at radius 1 is 1.21 bits per heavy atom. The highest BCUT2D eigenvalue weighted by atomic mass is 79.9. The largest absolute Gasteiger partial charge is 0.423 e. The molecular weight excluding hydrogens is 374 g/mol. The predicted octanol–water partition coefficient (Wildman–Crippen LogP) is 5.10. The third-order valence-corrected chi connectivity index (χ3v) is 3.81. The minimum Gasteiger partial charge on any atom is -0.423 e. The maximum Gasteiger partial charge on any atom is 0.336 e. The molecule has 124 valence electrons. The minimum absolute atomic E-state index is 0.00571. The molecule has 0 heterocycles. The first-order chi connectivity index (χ1) is 11.4.